The van der Waals surface area contributed by atoms with Crippen LogP contribution < -0.4 is 0 Å². The third-order valence-corrected chi connectivity index (χ3v) is 6.57. The average molecular weight is 428 g/mol. The Kier molecular flexibility index (Phi) is 4.50. The minimum Gasteiger partial charge on any atom is -0.334 e. The fraction of sp³-hybridized carbons (Fsp3) is 0.619. The minimum atomic E-state index is -4.56. The lowest BCUT2D eigenvalue weighted by molar-refractivity contribution is -0.137. The van der Waals surface area contributed by atoms with E-state index in [0.29, 0.717) is 18.7 Å². The van der Waals surface area contributed by atoms with Crippen LogP contribution in [-0.2, 0) is 12.6 Å². The molecule has 2 aromatic heterocycles. The molecule has 0 N–H and O–H groups in total. The molecule has 0 spiro atoms. The molecule has 158 valence electrons. The zero-order chi connectivity index (χ0) is 21.4. The van der Waals surface area contributed by atoms with Gasteiger partial charge in [0.15, 0.2) is 5.65 Å². The quantitative estimate of drug-likeness (QED) is 0.624. The number of alkyl halides is 3. The van der Waals surface area contributed by atoms with Crippen molar-refractivity contribution in [3.05, 3.63) is 34.2 Å². The lowest BCUT2D eigenvalue weighted by atomic mass is 9.65. The van der Waals surface area contributed by atoms with Crippen LogP contribution in [0.3, 0.4) is 0 Å². The van der Waals surface area contributed by atoms with Crippen molar-refractivity contribution in [2.24, 2.45) is 10.8 Å². The molecular weight excluding hydrogens is 403 g/mol. The number of likely N-dealkylation sites (tertiary alicyclic amines) is 1. The van der Waals surface area contributed by atoms with E-state index < -0.39 is 11.7 Å². The van der Waals surface area contributed by atoms with E-state index in [1.165, 1.54) is 4.40 Å². The largest absolute Gasteiger partial charge is 0.417 e. The van der Waals surface area contributed by atoms with Crippen LogP contribution in [-0.4, -0.2) is 32.8 Å². The van der Waals surface area contributed by atoms with Gasteiger partial charge in [0.2, 0.25) is 0 Å². The molecule has 29 heavy (non-hydrogen) atoms. The third-order valence-electron chi connectivity index (χ3n) is 6.29. The molecule has 1 aliphatic heterocycles. The van der Waals surface area contributed by atoms with Crippen LogP contribution in [0, 0.1) is 10.8 Å². The molecule has 0 radical (unpaired) electrons. The Bertz CT molecular complexity index is 997. The van der Waals surface area contributed by atoms with E-state index in [9.17, 15) is 18.0 Å². The standard InChI is InChI=1S/C21H25ClF3N3O/c1-5-15-16(27-9-12(21(23,24)25)6-14(22)17(27)26-15)18(29)28-11-20(4)8-13(28)7-19(2,3)10-20/h6,9,13H,5,7-8,10-11H2,1-4H3. The van der Waals surface area contributed by atoms with Crippen LogP contribution in [0.4, 0.5) is 13.2 Å². The van der Waals surface area contributed by atoms with E-state index in [1.54, 1.807) is 0 Å². The number of carbonyl (C=O) groups excluding carboxylic acids is 1. The van der Waals surface area contributed by atoms with Gasteiger partial charge in [0, 0.05) is 18.8 Å². The molecule has 4 rings (SSSR count). The molecule has 2 aliphatic rings. The Morgan fingerprint density at radius 1 is 1.31 bits per heavy atom. The van der Waals surface area contributed by atoms with Crippen molar-refractivity contribution in [1.82, 2.24) is 14.3 Å². The Hall–Kier alpha value is -1.76. The second-order valence-corrected chi connectivity index (χ2v) is 10.1. The average Bonchev–Trinajstić information content (AvgIpc) is 3.07. The van der Waals surface area contributed by atoms with Crippen LogP contribution in [0.5, 0.6) is 0 Å². The summed E-state index contributed by atoms with van der Waals surface area (Å²) in [4.78, 5) is 19.9. The van der Waals surface area contributed by atoms with Crippen LogP contribution in [0.1, 0.15) is 68.7 Å². The molecule has 2 unspecified atom stereocenters. The van der Waals surface area contributed by atoms with Gasteiger partial charge in [-0.05, 0) is 42.6 Å². The monoisotopic (exact) mass is 427 g/mol. The van der Waals surface area contributed by atoms with Crippen molar-refractivity contribution >= 4 is 23.2 Å². The Morgan fingerprint density at radius 2 is 2.00 bits per heavy atom. The van der Waals surface area contributed by atoms with Crippen molar-refractivity contribution in [1.29, 1.82) is 0 Å². The lowest BCUT2D eigenvalue weighted by Crippen LogP contribution is -2.38. The van der Waals surface area contributed by atoms with Gasteiger partial charge in [-0.1, -0.05) is 39.3 Å². The number of nitrogens with zero attached hydrogens (tertiary/aromatic N) is 3. The second-order valence-electron chi connectivity index (χ2n) is 9.68. The molecule has 1 aliphatic carbocycles. The minimum absolute atomic E-state index is 0.0315. The fourth-order valence-electron chi connectivity index (χ4n) is 5.61. The summed E-state index contributed by atoms with van der Waals surface area (Å²) in [5, 5.41) is -0.109. The highest BCUT2D eigenvalue weighted by Crippen LogP contribution is 2.52. The number of fused-ring (bicyclic) bond motifs is 3. The number of hydrogen-bond donors (Lipinski definition) is 0. The second kappa shape index (κ2) is 6.37. The number of amides is 1. The summed E-state index contributed by atoms with van der Waals surface area (Å²) in [6.45, 7) is 9.08. The van der Waals surface area contributed by atoms with Crippen LogP contribution in [0.2, 0.25) is 5.02 Å². The number of hydrogen-bond acceptors (Lipinski definition) is 2. The SMILES string of the molecule is CCc1nc2c(Cl)cc(C(F)(F)F)cn2c1C(=O)N1CC2(C)CC1CC(C)(C)C2. The molecule has 1 saturated heterocycles. The summed E-state index contributed by atoms with van der Waals surface area (Å²) in [5.74, 6) is -0.254. The number of carbonyl (C=O) groups is 1. The summed E-state index contributed by atoms with van der Waals surface area (Å²) in [5.41, 5.74) is 0.133. The highest BCUT2D eigenvalue weighted by Gasteiger charge is 2.51. The molecule has 4 nitrogen and oxygen atoms in total. The molecule has 3 heterocycles. The van der Waals surface area contributed by atoms with Gasteiger partial charge >= 0.3 is 6.18 Å². The number of halogens is 4. The third kappa shape index (κ3) is 3.41. The first kappa shape index (κ1) is 20.5. The van der Waals surface area contributed by atoms with Crippen molar-refractivity contribution < 1.29 is 18.0 Å². The van der Waals surface area contributed by atoms with Crippen molar-refractivity contribution in [2.45, 2.75) is 65.6 Å². The maximum absolute atomic E-state index is 13.6. The van der Waals surface area contributed by atoms with E-state index in [1.807, 2.05) is 11.8 Å². The molecule has 2 atom stereocenters. The first-order valence-electron chi connectivity index (χ1n) is 9.92. The molecular formula is C21H25ClF3N3O. The van der Waals surface area contributed by atoms with Gasteiger partial charge in [-0.3, -0.25) is 9.20 Å². The van der Waals surface area contributed by atoms with Crippen LogP contribution in [0.25, 0.3) is 5.65 Å². The summed E-state index contributed by atoms with van der Waals surface area (Å²) >= 11 is 6.12. The molecule has 1 saturated carbocycles. The smallest absolute Gasteiger partial charge is 0.334 e. The van der Waals surface area contributed by atoms with Gasteiger partial charge in [0.1, 0.15) is 5.69 Å². The fourth-order valence-corrected chi connectivity index (χ4v) is 5.86. The van der Waals surface area contributed by atoms with Crippen LogP contribution in [0.15, 0.2) is 12.3 Å². The van der Waals surface area contributed by atoms with Crippen LogP contribution >= 0.6 is 11.6 Å². The lowest BCUT2D eigenvalue weighted by Gasteiger charge is -2.39. The van der Waals surface area contributed by atoms with Crippen molar-refractivity contribution in [3.63, 3.8) is 0 Å². The molecule has 2 aromatic rings. The number of imidazole rings is 1. The maximum atomic E-state index is 13.6. The summed E-state index contributed by atoms with van der Waals surface area (Å²) in [7, 11) is 0. The van der Waals surface area contributed by atoms with E-state index in [-0.39, 0.29) is 39.1 Å². The number of aromatic nitrogens is 2. The van der Waals surface area contributed by atoms with Gasteiger partial charge in [0.05, 0.1) is 16.3 Å². The van der Waals surface area contributed by atoms with E-state index in [4.69, 9.17) is 11.6 Å². The number of pyridine rings is 1. The molecule has 2 bridgehead atoms. The topological polar surface area (TPSA) is 37.6 Å². The number of rotatable bonds is 2. The highest BCUT2D eigenvalue weighted by molar-refractivity contribution is 6.33. The molecule has 2 fully saturated rings. The van der Waals surface area contributed by atoms with Crippen molar-refractivity contribution in [3.8, 4) is 0 Å². The summed E-state index contributed by atoms with van der Waals surface area (Å²) in [6.07, 6.45) is -0.346. The van der Waals surface area contributed by atoms with Gasteiger partial charge in [-0.2, -0.15) is 13.2 Å². The first-order valence-corrected chi connectivity index (χ1v) is 10.3. The van der Waals surface area contributed by atoms with E-state index >= 15 is 0 Å². The maximum Gasteiger partial charge on any atom is 0.417 e. The summed E-state index contributed by atoms with van der Waals surface area (Å²) < 4.78 is 41.3. The zero-order valence-electron chi connectivity index (χ0n) is 17.0. The Morgan fingerprint density at radius 3 is 2.62 bits per heavy atom. The number of aryl methyl sites for hydroxylation is 1. The summed E-state index contributed by atoms with van der Waals surface area (Å²) in [6, 6.07) is 0.956. The molecule has 0 aromatic carbocycles. The molecule has 8 heteroatoms. The van der Waals surface area contributed by atoms with Crippen molar-refractivity contribution in [2.75, 3.05) is 6.54 Å². The highest BCUT2D eigenvalue weighted by atomic mass is 35.5. The zero-order valence-corrected chi connectivity index (χ0v) is 17.8. The Balaban J connectivity index is 1.83. The van der Waals surface area contributed by atoms with Gasteiger partial charge < -0.3 is 4.90 Å². The normalized spacial score (nSPS) is 26.3. The first-order chi connectivity index (χ1) is 13.3. The van der Waals surface area contributed by atoms with Gasteiger partial charge in [-0.15, -0.1) is 0 Å². The van der Waals surface area contributed by atoms with Gasteiger partial charge in [0.25, 0.3) is 5.91 Å². The predicted molar refractivity (Wildman–Crippen MR) is 105 cm³/mol. The van der Waals surface area contributed by atoms with E-state index in [2.05, 4.69) is 25.8 Å². The van der Waals surface area contributed by atoms with Gasteiger partial charge in [-0.25, -0.2) is 4.98 Å². The predicted octanol–water partition coefficient (Wildman–Crippen LogP) is 5.61. The van der Waals surface area contributed by atoms with E-state index in [0.717, 1.165) is 31.5 Å². The molecule has 1 amide bonds. The Labute approximate surface area is 173 Å².